The van der Waals surface area contributed by atoms with Crippen LogP contribution in [0.2, 0.25) is 0 Å². The third kappa shape index (κ3) is 4.69. The number of hydrogen-bond acceptors (Lipinski definition) is 10. The number of aryl methyl sites for hydroxylation is 2. The second kappa shape index (κ2) is 9.26. The van der Waals surface area contributed by atoms with E-state index in [-0.39, 0.29) is 24.4 Å². The molecule has 3 heterocycles. The van der Waals surface area contributed by atoms with Gasteiger partial charge in [0.15, 0.2) is 5.69 Å². The van der Waals surface area contributed by atoms with Crippen LogP contribution in [0.25, 0.3) is 22.2 Å². The standard InChI is InChI=1S/C21H19N7O5/c1-12-25-18(27-33-12)14-4-3-13-5-6-22-19(15(13)9-14)23-7-8-24-20(30)16-10-17(28(2)26-16)21(31)32-11-29/h3-6,9-11H,7-8H2,1-2H3,(H,22,23)(H,24,30). The summed E-state index contributed by atoms with van der Waals surface area (Å²) in [5.41, 5.74) is 0.805. The first-order chi connectivity index (χ1) is 16.0. The first-order valence-electron chi connectivity index (χ1n) is 9.86. The number of hydrogen-bond donors (Lipinski definition) is 2. The molecule has 0 atom stereocenters. The highest BCUT2D eigenvalue weighted by Gasteiger charge is 2.18. The second-order valence-electron chi connectivity index (χ2n) is 6.96. The monoisotopic (exact) mass is 449 g/mol. The summed E-state index contributed by atoms with van der Waals surface area (Å²) in [4.78, 5) is 43.0. The molecule has 3 aromatic heterocycles. The Morgan fingerprint density at radius 2 is 2.06 bits per heavy atom. The normalized spacial score (nSPS) is 10.7. The van der Waals surface area contributed by atoms with E-state index >= 15 is 0 Å². The van der Waals surface area contributed by atoms with Crippen LogP contribution in [-0.4, -0.2) is 56.3 Å². The van der Waals surface area contributed by atoms with Gasteiger partial charge in [-0.15, -0.1) is 0 Å². The average molecular weight is 449 g/mol. The number of fused-ring (bicyclic) bond motifs is 1. The van der Waals surface area contributed by atoms with E-state index in [1.807, 2.05) is 24.3 Å². The van der Waals surface area contributed by atoms with E-state index in [0.29, 0.717) is 24.1 Å². The van der Waals surface area contributed by atoms with E-state index in [4.69, 9.17) is 4.52 Å². The van der Waals surface area contributed by atoms with Gasteiger partial charge in [0.25, 0.3) is 5.91 Å². The molecule has 33 heavy (non-hydrogen) atoms. The lowest BCUT2D eigenvalue weighted by molar-refractivity contribution is -0.123. The Labute approximate surface area is 186 Å². The third-order valence-corrected chi connectivity index (χ3v) is 4.73. The molecule has 4 rings (SSSR count). The van der Waals surface area contributed by atoms with Crippen LogP contribution in [-0.2, 0) is 16.6 Å². The fourth-order valence-corrected chi connectivity index (χ4v) is 3.19. The number of nitrogens with zero attached hydrogens (tertiary/aromatic N) is 5. The highest BCUT2D eigenvalue weighted by Crippen LogP contribution is 2.26. The highest BCUT2D eigenvalue weighted by molar-refractivity contribution is 5.97. The quantitative estimate of drug-likeness (QED) is 0.175. The number of rotatable bonds is 8. The maximum absolute atomic E-state index is 12.3. The SMILES string of the molecule is Cc1nc(-c2ccc3ccnc(NCCNC(=O)c4cc(C(=O)OC=O)n(C)n4)c3c2)no1. The summed E-state index contributed by atoms with van der Waals surface area (Å²) < 4.78 is 10.5. The first kappa shape index (κ1) is 21.6. The molecule has 12 nitrogen and oxygen atoms in total. The number of anilines is 1. The molecule has 1 aromatic carbocycles. The van der Waals surface area contributed by atoms with Gasteiger partial charge < -0.3 is 19.9 Å². The minimum Gasteiger partial charge on any atom is -0.391 e. The van der Waals surface area contributed by atoms with Crippen LogP contribution in [0, 0.1) is 6.92 Å². The van der Waals surface area contributed by atoms with Gasteiger partial charge in [-0.05, 0) is 17.5 Å². The van der Waals surface area contributed by atoms with E-state index < -0.39 is 11.9 Å². The number of aromatic nitrogens is 5. The van der Waals surface area contributed by atoms with E-state index in [1.54, 1.807) is 13.1 Å². The van der Waals surface area contributed by atoms with Crippen molar-refractivity contribution < 1.29 is 23.6 Å². The molecule has 0 aliphatic rings. The van der Waals surface area contributed by atoms with Gasteiger partial charge in [-0.1, -0.05) is 17.3 Å². The Bertz CT molecular complexity index is 1340. The Kier molecular flexibility index (Phi) is 6.06. The number of benzene rings is 1. The first-order valence-corrected chi connectivity index (χ1v) is 9.86. The van der Waals surface area contributed by atoms with Crippen LogP contribution in [0.3, 0.4) is 0 Å². The van der Waals surface area contributed by atoms with Crippen molar-refractivity contribution in [3.8, 4) is 11.4 Å². The van der Waals surface area contributed by atoms with Crippen molar-refractivity contribution >= 4 is 34.9 Å². The number of amides is 1. The van der Waals surface area contributed by atoms with Crippen molar-refractivity contribution in [2.45, 2.75) is 6.92 Å². The minimum atomic E-state index is -0.891. The molecule has 4 aromatic rings. The zero-order valence-electron chi connectivity index (χ0n) is 17.7. The number of pyridine rings is 1. The second-order valence-corrected chi connectivity index (χ2v) is 6.96. The fraction of sp³-hybridized carbons (Fsp3) is 0.190. The number of ether oxygens (including phenoxy) is 1. The van der Waals surface area contributed by atoms with Gasteiger partial charge in [0, 0.05) is 50.3 Å². The van der Waals surface area contributed by atoms with E-state index in [1.165, 1.54) is 17.8 Å². The summed E-state index contributed by atoms with van der Waals surface area (Å²) in [5.74, 6) is 0.242. The maximum Gasteiger partial charge on any atom is 0.364 e. The summed E-state index contributed by atoms with van der Waals surface area (Å²) in [5, 5.41) is 15.7. The number of nitrogens with one attached hydrogen (secondary N) is 2. The predicted octanol–water partition coefficient (Wildman–Crippen LogP) is 1.48. The lowest BCUT2D eigenvalue weighted by atomic mass is 10.1. The Morgan fingerprint density at radius 3 is 2.82 bits per heavy atom. The predicted molar refractivity (Wildman–Crippen MR) is 115 cm³/mol. The number of carbonyl (C=O) groups is 3. The topological polar surface area (TPSA) is 154 Å². The summed E-state index contributed by atoms with van der Waals surface area (Å²) in [7, 11) is 1.47. The Hall–Kier alpha value is -4.61. The van der Waals surface area contributed by atoms with Crippen LogP contribution in [0.1, 0.15) is 26.9 Å². The van der Waals surface area contributed by atoms with Gasteiger partial charge in [0.1, 0.15) is 11.5 Å². The Morgan fingerprint density at radius 1 is 1.21 bits per heavy atom. The summed E-state index contributed by atoms with van der Waals surface area (Å²) >= 11 is 0. The van der Waals surface area contributed by atoms with Crippen molar-refractivity contribution in [2.75, 3.05) is 18.4 Å². The van der Waals surface area contributed by atoms with Gasteiger partial charge in [-0.2, -0.15) is 10.1 Å². The summed E-state index contributed by atoms with van der Waals surface area (Å²) in [6.45, 7) is 2.40. The third-order valence-electron chi connectivity index (χ3n) is 4.73. The van der Waals surface area contributed by atoms with Gasteiger partial charge in [0.2, 0.25) is 11.7 Å². The molecule has 0 bridgehead atoms. The van der Waals surface area contributed by atoms with Gasteiger partial charge >= 0.3 is 12.4 Å². The molecule has 0 radical (unpaired) electrons. The minimum absolute atomic E-state index is 0.0158. The van der Waals surface area contributed by atoms with Crippen LogP contribution < -0.4 is 10.6 Å². The van der Waals surface area contributed by atoms with Crippen LogP contribution >= 0.6 is 0 Å². The highest BCUT2D eigenvalue weighted by atomic mass is 16.6. The maximum atomic E-state index is 12.3. The van der Waals surface area contributed by atoms with Crippen molar-refractivity contribution in [3.63, 3.8) is 0 Å². The largest absolute Gasteiger partial charge is 0.391 e. The molecular formula is C21H19N7O5. The van der Waals surface area contributed by atoms with E-state index in [2.05, 4.69) is 35.6 Å². The molecular weight excluding hydrogens is 430 g/mol. The van der Waals surface area contributed by atoms with E-state index in [0.717, 1.165) is 16.3 Å². The van der Waals surface area contributed by atoms with Crippen molar-refractivity contribution in [2.24, 2.45) is 7.05 Å². The van der Waals surface area contributed by atoms with Crippen molar-refractivity contribution in [1.82, 2.24) is 30.2 Å². The summed E-state index contributed by atoms with van der Waals surface area (Å²) in [6, 6.07) is 8.91. The van der Waals surface area contributed by atoms with Crippen LogP contribution in [0.5, 0.6) is 0 Å². The molecule has 12 heteroatoms. The molecule has 2 N–H and O–H groups in total. The number of esters is 1. The van der Waals surface area contributed by atoms with Gasteiger partial charge in [-0.3, -0.25) is 14.3 Å². The average Bonchev–Trinajstić information content (AvgIpc) is 3.42. The van der Waals surface area contributed by atoms with Crippen LogP contribution in [0.4, 0.5) is 5.82 Å². The summed E-state index contributed by atoms with van der Waals surface area (Å²) in [6.07, 6.45) is 1.69. The zero-order valence-corrected chi connectivity index (χ0v) is 17.7. The lowest BCUT2D eigenvalue weighted by Gasteiger charge is -2.10. The number of carbonyl (C=O) groups excluding carboxylic acids is 3. The smallest absolute Gasteiger partial charge is 0.364 e. The molecule has 0 saturated carbocycles. The molecule has 1 amide bonds. The molecule has 168 valence electrons. The molecule has 0 saturated heterocycles. The van der Waals surface area contributed by atoms with Gasteiger partial charge in [0.05, 0.1) is 0 Å². The van der Waals surface area contributed by atoms with E-state index in [9.17, 15) is 14.4 Å². The fourth-order valence-electron chi connectivity index (χ4n) is 3.19. The van der Waals surface area contributed by atoms with Gasteiger partial charge in [-0.25, -0.2) is 9.78 Å². The molecule has 0 spiro atoms. The molecule has 0 aliphatic carbocycles. The van der Waals surface area contributed by atoms with Crippen molar-refractivity contribution in [1.29, 1.82) is 0 Å². The zero-order chi connectivity index (χ0) is 23.4. The van der Waals surface area contributed by atoms with Crippen LogP contribution in [0.15, 0.2) is 41.1 Å². The van der Waals surface area contributed by atoms with Crippen molar-refractivity contribution in [3.05, 3.63) is 53.8 Å². The molecule has 0 unspecified atom stereocenters. The Balaban J connectivity index is 1.40. The lowest BCUT2D eigenvalue weighted by Crippen LogP contribution is -2.29. The molecule has 0 aliphatic heterocycles. The molecule has 0 fully saturated rings.